The number of anilines is 1. The van der Waals surface area contributed by atoms with Crippen molar-refractivity contribution >= 4 is 27.5 Å². The minimum atomic E-state index is -3.48. The Hall–Kier alpha value is -1.46. The molecule has 2 aromatic rings. The van der Waals surface area contributed by atoms with Gasteiger partial charge in [-0.2, -0.15) is 0 Å². The maximum atomic E-state index is 12.9. The first-order valence-corrected chi connectivity index (χ1v) is 9.39. The normalized spacial score (nSPS) is 14.8. The lowest BCUT2D eigenvalue weighted by atomic mass is 10.2. The van der Waals surface area contributed by atoms with Crippen LogP contribution in [0.2, 0.25) is 0 Å². The summed E-state index contributed by atoms with van der Waals surface area (Å²) in [6.07, 6.45) is 0.906. The van der Waals surface area contributed by atoms with Crippen LogP contribution < -0.4 is 4.31 Å². The number of fused-ring (bicyclic) bond motifs is 1. The second-order valence-corrected chi connectivity index (χ2v) is 7.89. The smallest absolute Gasteiger partial charge is 0.264 e. The van der Waals surface area contributed by atoms with Crippen LogP contribution in [0.5, 0.6) is 0 Å². The summed E-state index contributed by atoms with van der Waals surface area (Å²) >= 11 is 1.70. The fourth-order valence-electron chi connectivity index (χ4n) is 2.42. The van der Waals surface area contributed by atoms with E-state index in [1.54, 1.807) is 23.9 Å². The third kappa shape index (κ3) is 2.68. The molecule has 110 valence electrons. The van der Waals surface area contributed by atoms with Crippen LogP contribution in [-0.4, -0.2) is 20.7 Å². The van der Waals surface area contributed by atoms with Gasteiger partial charge in [0.2, 0.25) is 0 Å². The second-order valence-electron chi connectivity index (χ2n) is 4.89. The molecule has 0 radical (unpaired) electrons. The maximum absolute atomic E-state index is 12.9. The zero-order chi connectivity index (χ0) is 14.9. The zero-order valence-electron chi connectivity index (χ0n) is 11.8. The minimum absolute atomic E-state index is 0.362. The summed E-state index contributed by atoms with van der Waals surface area (Å²) in [5.41, 5.74) is 1.93. The molecule has 0 atom stereocenters. The van der Waals surface area contributed by atoms with Crippen LogP contribution in [0.4, 0.5) is 5.69 Å². The fourth-order valence-corrected chi connectivity index (χ4v) is 5.07. The number of para-hydroxylation sites is 1. The Morgan fingerprint density at radius 2 is 1.81 bits per heavy atom. The molecule has 0 aliphatic carbocycles. The van der Waals surface area contributed by atoms with Crippen molar-refractivity contribution < 1.29 is 8.42 Å². The number of benzene rings is 2. The van der Waals surface area contributed by atoms with Gasteiger partial charge < -0.3 is 0 Å². The standard InChI is InChI=1S/C16H17NO2S2/c1-2-13-7-9-14(10-8-13)21(18,19)17-11-12-20-16-6-4-3-5-15(16)17/h3-10H,2,11-12H2,1H3. The first-order chi connectivity index (χ1) is 10.1. The van der Waals surface area contributed by atoms with Crippen LogP contribution in [0, 0.1) is 0 Å². The number of hydrogen-bond acceptors (Lipinski definition) is 3. The maximum Gasteiger partial charge on any atom is 0.264 e. The van der Waals surface area contributed by atoms with E-state index >= 15 is 0 Å². The number of rotatable bonds is 3. The van der Waals surface area contributed by atoms with Crippen LogP contribution in [0.15, 0.2) is 58.3 Å². The summed E-state index contributed by atoms with van der Waals surface area (Å²) in [5, 5.41) is 0. The first-order valence-electron chi connectivity index (χ1n) is 6.96. The molecule has 3 nitrogen and oxygen atoms in total. The molecule has 0 saturated carbocycles. The Balaban J connectivity index is 2.02. The Bertz CT molecular complexity index is 739. The number of hydrogen-bond donors (Lipinski definition) is 0. The lowest BCUT2D eigenvalue weighted by Gasteiger charge is -2.30. The van der Waals surface area contributed by atoms with E-state index in [2.05, 4.69) is 6.92 Å². The molecule has 0 fully saturated rings. The molecule has 0 spiro atoms. The number of thioether (sulfide) groups is 1. The molecular formula is C16H17NO2S2. The summed E-state index contributed by atoms with van der Waals surface area (Å²) in [4.78, 5) is 1.39. The Morgan fingerprint density at radius 3 is 2.52 bits per heavy atom. The number of aryl methyl sites for hydroxylation is 1. The molecule has 0 amide bonds. The molecule has 1 aliphatic rings. The van der Waals surface area contributed by atoms with E-state index in [0.29, 0.717) is 11.4 Å². The molecule has 21 heavy (non-hydrogen) atoms. The van der Waals surface area contributed by atoms with E-state index in [1.165, 1.54) is 4.31 Å². The largest absolute Gasteiger partial charge is 0.264 e. The average Bonchev–Trinajstić information content (AvgIpc) is 2.54. The highest BCUT2D eigenvalue weighted by Gasteiger charge is 2.29. The van der Waals surface area contributed by atoms with Gasteiger partial charge in [0, 0.05) is 17.2 Å². The van der Waals surface area contributed by atoms with Crippen LogP contribution in [0.1, 0.15) is 12.5 Å². The molecule has 0 bridgehead atoms. The van der Waals surface area contributed by atoms with Crippen molar-refractivity contribution in [3.05, 3.63) is 54.1 Å². The zero-order valence-corrected chi connectivity index (χ0v) is 13.5. The van der Waals surface area contributed by atoms with Crippen LogP contribution in [0.3, 0.4) is 0 Å². The van der Waals surface area contributed by atoms with Gasteiger partial charge in [-0.1, -0.05) is 31.2 Å². The first kappa shape index (κ1) is 14.5. The molecule has 5 heteroatoms. The van der Waals surface area contributed by atoms with Crippen molar-refractivity contribution in [1.82, 2.24) is 0 Å². The predicted molar refractivity (Wildman–Crippen MR) is 87.5 cm³/mol. The molecule has 0 N–H and O–H groups in total. The summed E-state index contributed by atoms with van der Waals surface area (Å²) in [7, 11) is -3.48. The van der Waals surface area contributed by atoms with Crippen molar-refractivity contribution in [2.45, 2.75) is 23.1 Å². The molecular weight excluding hydrogens is 302 g/mol. The molecule has 3 rings (SSSR count). The second kappa shape index (κ2) is 5.73. The van der Waals surface area contributed by atoms with Gasteiger partial charge in [0.25, 0.3) is 10.0 Å². The van der Waals surface area contributed by atoms with Gasteiger partial charge in [-0.05, 0) is 36.2 Å². The molecule has 1 heterocycles. The fraction of sp³-hybridized carbons (Fsp3) is 0.250. The van der Waals surface area contributed by atoms with Gasteiger partial charge in [0.15, 0.2) is 0 Å². The van der Waals surface area contributed by atoms with Gasteiger partial charge in [-0.3, -0.25) is 4.31 Å². The SMILES string of the molecule is CCc1ccc(S(=O)(=O)N2CCSc3ccccc32)cc1. The number of nitrogens with zero attached hydrogens (tertiary/aromatic N) is 1. The summed E-state index contributed by atoms with van der Waals surface area (Å²) in [5.74, 6) is 0.781. The minimum Gasteiger partial charge on any atom is -0.264 e. The predicted octanol–water partition coefficient (Wildman–Crippen LogP) is 3.55. The van der Waals surface area contributed by atoms with E-state index in [-0.39, 0.29) is 0 Å². The van der Waals surface area contributed by atoms with Crippen molar-refractivity contribution in [1.29, 1.82) is 0 Å². The summed E-state index contributed by atoms with van der Waals surface area (Å²) in [6.45, 7) is 2.57. The molecule has 1 aliphatic heterocycles. The average molecular weight is 319 g/mol. The van der Waals surface area contributed by atoms with Crippen molar-refractivity contribution in [2.75, 3.05) is 16.6 Å². The summed E-state index contributed by atoms with van der Waals surface area (Å²) < 4.78 is 27.3. The highest BCUT2D eigenvalue weighted by Crippen LogP contribution is 2.37. The van der Waals surface area contributed by atoms with Gasteiger partial charge in [-0.15, -0.1) is 11.8 Å². The lowest BCUT2D eigenvalue weighted by molar-refractivity contribution is 0.591. The number of sulfonamides is 1. The summed E-state index contributed by atoms with van der Waals surface area (Å²) in [6, 6.07) is 14.9. The monoisotopic (exact) mass is 319 g/mol. The Morgan fingerprint density at radius 1 is 1.10 bits per heavy atom. The molecule has 0 unspecified atom stereocenters. The quantitative estimate of drug-likeness (QED) is 0.868. The van der Waals surface area contributed by atoms with E-state index in [4.69, 9.17) is 0 Å². The van der Waals surface area contributed by atoms with Gasteiger partial charge in [0.05, 0.1) is 10.6 Å². The topological polar surface area (TPSA) is 37.4 Å². The highest BCUT2D eigenvalue weighted by molar-refractivity contribution is 8.00. The molecule has 2 aromatic carbocycles. The lowest BCUT2D eigenvalue weighted by Crippen LogP contribution is -2.35. The van der Waals surface area contributed by atoms with E-state index in [9.17, 15) is 8.42 Å². The van der Waals surface area contributed by atoms with Crippen LogP contribution in [-0.2, 0) is 16.4 Å². The van der Waals surface area contributed by atoms with Gasteiger partial charge in [-0.25, -0.2) is 8.42 Å². The molecule has 0 aromatic heterocycles. The van der Waals surface area contributed by atoms with Gasteiger partial charge >= 0.3 is 0 Å². The van der Waals surface area contributed by atoms with Crippen molar-refractivity contribution in [3.63, 3.8) is 0 Å². The Kier molecular flexibility index (Phi) is 3.95. The van der Waals surface area contributed by atoms with Crippen LogP contribution >= 0.6 is 11.8 Å². The van der Waals surface area contributed by atoms with Crippen LogP contribution in [0.25, 0.3) is 0 Å². The van der Waals surface area contributed by atoms with Gasteiger partial charge in [0.1, 0.15) is 0 Å². The third-order valence-corrected chi connectivity index (χ3v) is 6.48. The highest BCUT2D eigenvalue weighted by atomic mass is 32.2. The van der Waals surface area contributed by atoms with E-state index in [0.717, 1.165) is 28.3 Å². The Labute approximate surface area is 130 Å². The third-order valence-electron chi connectivity index (χ3n) is 3.61. The molecule has 0 saturated heterocycles. The van der Waals surface area contributed by atoms with E-state index < -0.39 is 10.0 Å². The van der Waals surface area contributed by atoms with Crippen molar-refractivity contribution in [3.8, 4) is 0 Å². The van der Waals surface area contributed by atoms with E-state index in [1.807, 2.05) is 36.4 Å². The van der Waals surface area contributed by atoms with Crippen molar-refractivity contribution in [2.24, 2.45) is 0 Å².